The Morgan fingerprint density at radius 1 is 0.961 bits per heavy atom. The van der Waals surface area contributed by atoms with E-state index in [0.29, 0.717) is 55.2 Å². The molecule has 0 spiro atoms. The summed E-state index contributed by atoms with van der Waals surface area (Å²) in [5, 5.41) is 11.3. The number of carbonyl (C=O) groups is 5. The zero-order valence-corrected chi connectivity index (χ0v) is 42.7. The molecule has 5 atom stereocenters. The van der Waals surface area contributed by atoms with E-state index in [0.717, 1.165) is 127 Å². The molecule has 7 aliphatic heterocycles. The average molecular weight is 1030 g/mol. The molecule has 5 unspecified atom stereocenters. The van der Waals surface area contributed by atoms with E-state index >= 15 is 4.39 Å². The third kappa shape index (κ3) is 8.86. The first-order valence-electron chi connectivity index (χ1n) is 26.8. The van der Waals surface area contributed by atoms with Gasteiger partial charge in [0.05, 0.1) is 38.8 Å². The van der Waals surface area contributed by atoms with Crippen LogP contribution < -0.4 is 30.5 Å². The summed E-state index contributed by atoms with van der Waals surface area (Å²) in [7, 11) is 0. The summed E-state index contributed by atoms with van der Waals surface area (Å²) < 4.78 is 27.9. The van der Waals surface area contributed by atoms with Crippen LogP contribution in [-0.2, 0) is 20.7 Å². The highest BCUT2D eigenvalue weighted by Crippen LogP contribution is 2.45. The molecule has 0 radical (unpaired) electrons. The quantitative estimate of drug-likeness (QED) is 0.0663. The summed E-state index contributed by atoms with van der Waals surface area (Å²) in [6.07, 6.45) is 15.3. The number of fused-ring (bicyclic) bond motifs is 6. The summed E-state index contributed by atoms with van der Waals surface area (Å²) in [6.45, 7) is 11.3. The summed E-state index contributed by atoms with van der Waals surface area (Å²) in [5.74, 6) is 1.22. The molecule has 6 saturated heterocycles. The Bertz CT molecular complexity index is 3290. The predicted molar refractivity (Wildman–Crippen MR) is 283 cm³/mol. The second-order valence-corrected chi connectivity index (χ2v) is 21.7. The maximum Gasteiger partial charge on any atom is 0.407 e. The van der Waals surface area contributed by atoms with E-state index in [2.05, 4.69) is 50.1 Å². The van der Waals surface area contributed by atoms with Gasteiger partial charge in [0, 0.05) is 92.2 Å². The lowest BCUT2D eigenvalue weighted by Crippen LogP contribution is -2.54. The number of hydrogen-bond donors (Lipinski definition) is 3. The van der Waals surface area contributed by atoms with Crippen molar-refractivity contribution in [1.29, 1.82) is 0 Å². The zero-order chi connectivity index (χ0) is 52.4. The molecule has 76 heavy (non-hydrogen) atoms. The number of piperazine rings is 1. The Hall–Kier alpha value is -7.49. The Morgan fingerprint density at radius 2 is 1.76 bits per heavy atom. The molecule has 392 valence electrons. The fourth-order valence-electron chi connectivity index (χ4n) is 13.3. The number of aryl methyl sites for hydroxylation is 1. The molecule has 18 heteroatoms. The van der Waals surface area contributed by atoms with Crippen molar-refractivity contribution in [2.24, 2.45) is 5.92 Å². The van der Waals surface area contributed by atoms with E-state index in [4.69, 9.17) is 30.8 Å². The number of hydrogen-bond acceptors (Lipinski definition) is 14. The number of pyridine rings is 1. The molecule has 2 aromatic heterocycles. The van der Waals surface area contributed by atoms with Crippen LogP contribution in [0.5, 0.6) is 6.01 Å². The van der Waals surface area contributed by atoms with Gasteiger partial charge in [-0.25, -0.2) is 9.18 Å². The molecule has 5 aromatic rings. The molecular weight excluding hydrogens is 968 g/mol. The summed E-state index contributed by atoms with van der Waals surface area (Å²) in [6, 6.07) is 14.2. The number of terminal acetylenes is 1. The lowest BCUT2D eigenvalue weighted by atomic mass is 9.93. The number of aromatic nitrogens is 3. The van der Waals surface area contributed by atoms with Crippen molar-refractivity contribution in [3.63, 3.8) is 0 Å². The molecule has 5 amide bonds. The van der Waals surface area contributed by atoms with Crippen LogP contribution in [0.3, 0.4) is 0 Å². The molecule has 0 aliphatic carbocycles. The van der Waals surface area contributed by atoms with Crippen molar-refractivity contribution in [3.8, 4) is 29.6 Å². The minimum atomic E-state index is -1.01. The fraction of sp³-hybridized carbons (Fsp3) is 0.448. The van der Waals surface area contributed by atoms with E-state index in [1.807, 2.05) is 30.5 Å². The molecule has 17 nitrogen and oxygen atoms in total. The Balaban J connectivity index is 0.681. The number of ether oxygens (including phenoxy) is 2. The fourth-order valence-corrected chi connectivity index (χ4v) is 13.3. The summed E-state index contributed by atoms with van der Waals surface area (Å²) in [4.78, 5) is 87.3. The SMILES string of the molecule is C#Cc1c(F)ccc2cccc(-c3ncc4c(N5CC6CCC(C5)N6)nc(OCC56CCC(COC(=O)NCCC7CCN(c8ccc9c(c8)C(=O)N(C8CCC(=O)NC8=O)C9=O)CC7)N5CC(=C)C6)nc4c3CC)c12. The number of carbonyl (C=O) groups excluding carboxylic acids is 5. The van der Waals surface area contributed by atoms with Crippen LogP contribution in [0.15, 0.2) is 66.9 Å². The van der Waals surface area contributed by atoms with Gasteiger partial charge in [-0.2, -0.15) is 9.97 Å². The van der Waals surface area contributed by atoms with Gasteiger partial charge >= 0.3 is 12.1 Å². The second kappa shape index (κ2) is 19.9. The first kappa shape index (κ1) is 49.4. The van der Waals surface area contributed by atoms with Crippen LogP contribution in [0, 0.1) is 24.1 Å². The first-order valence-corrected chi connectivity index (χ1v) is 26.8. The zero-order valence-electron chi connectivity index (χ0n) is 42.7. The van der Waals surface area contributed by atoms with Crippen molar-refractivity contribution in [2.75, 3.05) is 62.3 Å². The highest BCUT2D eigenvalue weighted by Gasteiger charge is 2.52. The Labute approximate surface area is 439 Å². The van der Waals surface area contributed by atoms with Crippen molar-refractivity contribution >= 4 is 62.9 Å². The number of amides is 5. The lowest BCUT2D eigenvalue weighted by Gasteiger charge is -2.35. The molecule has 0 saturated carbocycles. The van der Waals surface area contributed by atoms with E-state index in [9.17, 15) is 24.0 Å². The van der Waals surface area contributed by atoms with Crippen molar-refractivity contribution in [2.45, 2.75) is 107 Å². The maximum absolute atomic E-state index is 15.2. The molecular formula is C58H61FN10O7. The highest BCUT2D eigenvalue weighted by molar-refractivity contribution is 6.23. The number of imide groups is 2. The monoisotopic (exact) mass is 1030 g/mol. The lowest BCUT2D eigenvalue weighted by molar-refractivity contribution is -0.136. The molecule has 12 rings (SSSR count). The number of benzene rings is 3. The van der Waals surface area contributed by atoms with Crippen LogP contribution in [-0.4, -0.2) is 137 Å². The third-order valence-corrected chi connectivity index (χ3v) is 17.1. The maximum atomic E-state index is 15.2. The van der Waals surface area contributed by atoms with E-state index in [1.54, 1.807) is 18.2 Å². The van der Waals surface area contributed by atoms with Gasteiger partial charge in [-0.15, -0.1) is 6.42 Å². The van der Waals surface area contributed by atoms with E-state index in [-0.39, 0.29) is 53.7 Å². The minimum absolute atomic E-state index is 0.0192. The Kier molecular flexibility index (Phi) is 12.9. The standard InChI is InChI=1S/C58H61FN10O7/c1-4-40-46(59)14-9-35-7-6-8-43(49(35)40)50-41(5-2)51-45(27-61-50)52(67-29-36-10-11-37(30-67)62-36)65-56(64-51)76-32-58-21-17-39(68(58)28-33(3)26-58)31-75-57(74)60-22-18-34-19-23-66(24-20-34)38-12-13-42-44(25-38)55(73)69(54(42)72)47-15-16-48(70)63-53(47)71/h1,6-9,12-14,25,27,34,36-37,39,47,62H,3,5,10-11,15-24,26,28-32H2,2H3,(H,60,74)(H,63,70,71). The first-order chi connectivity index (χ1) is 36.9. The number of rotatable bonds is 13. The van der Waals surface area contributed by atoms with Crippen LogP contribution in [0.4, 0.5) is 20.7 Å². The van der Waals surface area contributed by atoms with Gasteiger partial charge in [0.1, 0.15) is 30.9 Å². The molecule has 3 aromatic carbocycles. The summed E-state index contributed by atoms with van der Waals surface area (Å²) >= 11 is 0. The minimum Gasteiger partial charge on any atom is -0.461 e. The number of piperidine rings is 2. The van der Waals surface area contributed by atoms with Gasteiger partial charge in [-0.3, -0.25) is 39.3 Å². The van der Waals surface area contributed by atoms with Crippen LogP contribution >= 0.6 is 0 Å². The topological polar surface area (TPSA) is 192 Å². The van der Waals surface area contributed by atoms with E-state index in [1.165, 1.54) is 6.07 Å². The second-order valence-electron chi connectivity index (χ2n) is 21.7. The van der Waals surface area contributed by atoms with Gasteiger partial charge in [0.25, 0.3) is 11.8 Å². The van der Waals surface area contributed by atoms with Crippen LogP contribution in [0.1, 0.15) is 103 Å². The largest absolute Gasteiger partial charge is 0.461 e. The number of halogens is 1. The third-order valence-electron chi connectivity index (χ3n) is 17.1. The van der Waals surface area contributed by atoms with Crippen molar-refractivity contribution < 1.29 is 37.8 Å². The molecule has 2 bridgehead atoms. The number of alkyl carbamates (subject to hydrolysis) is 1. The van der Waals surface area contributed by atoms with Crippen LogP contribution in [0.25, 0.3) is 32.9 Å². The summed E-state index contributed by atoms with van der Waals surface area (Å²) in [5.41, 5.74) is 5.36. The van der Waals surface area contributed by atoms with Crippen LogP contribution in [0.2, 0.25) is 0 Å². The number of nitrogens with one attached hydrogen (secondary N) is 3. The number of anilines is 2. The molecule has 3 N–H and O–H groups in total. The van der Waals surface area contributed by atoms with Gasteiger partial charge < -0.3 is 29.9 Å². The Morgan fingerprint density at radius 3 is 2.54 bits per heavy atom. The average Bonchev–Trinajstić information content (AvgIpc) is 4.23. The van der Waals surface area contributed by atoms with Gasteiger partial charge in [-0.05, 0) is 99.8 Å². The number of nitrogens with zero attached hydrogens (tertiary/aromatic N) is 7. The van der Waals surface area contributed by atoms with Crippen molar-refractivity contribution in [3.05, 3.63) is 95.0 Å². The normalized spacial score (nSPS) is 24.6. The van der Waals surface area contributed by atoms with Gasteiger partial charge in [-0.1, -0.05) is 49.3 Å². The molecule has 9 heterocycles. The molecule has 7 aliphatic rings. The van der Waals surface area contributed by atoms with E-state index < -0.39 is 41.6 Å². The smallest absolute Gasteiger partial charge is 0.407 e. The van der Waals surface area contributed by atoms with Crippen molar-refractivity contribution in [1.82, 2.24) is 40.7 Å². The predicted octanol–water partition coefficient (Wildman–Crippen LogP) is 6.44. The van der Waals surface area contributed by atoms with Gasteiger partial charge in [0.2, 0.25) is 11.8 Å². The molecule has 6 fully saturated rings. The highest BCUT2D eigenvalue weighted by atomic mass is 19.1. The van der Waals surface area contributed by atoms with Gasteiger partial charge in [0.15, 0.2) is 0 Å².